The quantitative estimate of drug-likeness (QED) is 0.686. The van der Waals surface area contributed by atoms with Crippen molar-refractivity contribution in [3.8, 4) is 5.75 Å². The Morgan fingerprint density at radius 1 is 1.35 bits per heavy atom. The predicted molar refractivity (Wildman–Crippen MR) is 78.5 cm³/mol. The van der Waals surface area contributed by atoms with Crippen LogP contribution in [0.4, 0.5) is 5.69 Å². The molecule has 104 valence electrons. The fourth-order valence-corrected chi connectivity index (χ4v) is 1.87. The zero-order valence-electron chi connectivity index (χ0n) is 10.8. The Kier molecular flexibility index (Phi) is 4.57. The van der Waals surface area contributed by atoms with E-state index in [1.165, 1.54) is 13.3 Å². The van der Waals surface area contributed by atoms with Crippen molar-refractivity contribution in [1.29, 1.82) is 0 Å². The highest BCUT2D eigenvalue weighted by Crippen LogP contribution is 2.23. The number of esters is 1. The third-order valence-corrected chi connectivity index (χ3v) is 3.01. The normalized spacial score (nSPS) is 10.1. The fraction of sp³-hybridized carbons (Fsp3) is 0.143. The zero-order chi connectivity index (χ0) is 14.5. The average molecular weight is 337 g/mol. The van der Waals surface area contributed by atoms with E-state index in [-0.39, 0.29) is 5.69 Å². The lowest BCUT2D eigenvalue weighted by Crippen LogP contribution is -2.08. The lowest BCUT2D eigenvalue weighted by molar-refractivity contribution is 0.0588. The molecule has 0 radical (unpaired) electrons. The number of anilines is 1. The Labute approximate surface area is 124 Å². The van der Waals surface area contributed by atoms with Crippen molar-refractivity contribution < 1.29 is 14.3 Å². The molecule has 0 atom stereocenters. The minimum atomic E-state index is -0.537. The molecule has 1 aromatic carbocycles. The van der Waals surface area contributed by atoms with Gasteiger partial charge >= 0.3 is 5.97 Å². The highest BCUT2D eigenvalue weighted by molar-refractivity contribution is 9.10. The van der Waals surface area contributed by atoms with E-state index in [1.807, 2.05) is 12.1 Å². The largest absolute Gasteiger partial charge is 0.486 e. The second-order valence-electron chi connectivity index (χ2n) is 4.02. The van der Waals surface area contributed by atoms with Gasteiger partial charge in [0.2, 0.25) is 0 Å². The number of hydrogen-bond acceptors (Lipinski definition) is 5. The first-order valence-corrected chi connectivity index (χ1v) is 6.60. The van der Waals surface area contributed by atoms with Gasteiger partial charge in [-0.1, -0.05) is 12.1 Å². The Balaban J connectivity index is 2.17. The third-order valence-electron chi connectivity index (χ3n) is 2.57. The van der Waals surface area contributed by atoms with Gasteiger partial charge in [-0.2, -0.15) is 0 Å². The number of aromatic nitrogens is 1. The summed E-state index contributed by atoms with van der Waals surface area (Å²) in [4.78, 5) is 15.6. The maximum absolute atomic E-state index is 11.6. The second-order valence-corrected chi connectivity index (χ2v) is 4.94. The maximum atomic E-state index is 11.6. The summed E-state index contributed by atoms with van der Waals surface area (Å²) in [6, 6.07) is 8.98. The van der Waals surface area contributed by atoms with E-state index < -0.39 is 5.97 Å². The summed E-state index contributed by atoms with van der Waals surface area (Å²) in [5, 5.41) is 0. The molecule has 2 N–H and O–H groups in total. The highest BCUT2D eigenvalue weighted by atomic mass is 79.9. The summed E-state index contributed by atoms with van der Waals surface area (Å²) in [5.74, 6) is -0.173. The molecule has 6 heteroatoms. The number of ether oxygens (including phenoxy) is 2. The molecule has 5 nitrogen and oxygen atoms in total. The van der Waals surface area contributed by atoms with Crippen molar-refractivity contribution in [1.82, 2.24) is 4.98 Å². The lowest BCUT2D eigenvalue weighted by Gasteiger charge is -2.10. The first kappa shape index (κ1) is 14.3. The number of halogens is 1. The molecule has 2 aromatic rings. The monoisotopic (exact) mass is 336 g/mol. The molecule has 0 fully saturated rings. The van der Waals surface area contributed by atoms with Crippen LogP contribution < -0.4 is 10.5 Å². The van der Waals surface area contributed by atoms with Gasteiger partial charge in [-0.15, -0.1) is 0 Å². The van der Waals surface area contributed by atoms with E-state index in [4.69, 9.17) is 10.5 Å². The van der Waals surface area contributed by atoms with Crippen molar-refractivity contribution in [2.24, 2.45) is 0 Å². The van der Waals surface area contributed by atoms with Crippen LogP contribution in [-0.4, -0.2) is 18.1 Å². The molecule has 0 aliphatic carbocycles. The molecule has 0 saturated heterocycles. The summed E-state index contributed by atoms with van der Waals surface area (Å²) in [6.45, 7) is 0.308. The van der Waals surface area contributed by atoms with Gasteiger partial charge < -0.3 is 15.2 Å². The van der Waals surface area contributed by atoms with Crippen LogP contribution in [0.2, 0.25) is 0 Å². The highest BCUT2D eigenvalue weighted by Gasteiger charge is 2.15. The molecule has 0 unspecified atom stereocenters. The molecule has 0 bridgehead atoms. The summed E-state index contributed by atoms with van der Waals surface area (Å²) >= 11 is 3.29. The minimum Gasteiger partial charge on any atom is -0.486 e. The number of nitrogens with zero attached hydrogens (tertiary/aromatic N) is 1. The van der Waals surface area contributed by atoms with Gasteiger partial charge in [0.25, 0.3) is 0 Å². The number of carbonyl (C=O) groups is 1. The number of methoxy groups -OCH3 is 1. The topological polar surface area (TPSA) is 74.4 Å². The molecule has 0 spiro atoms. The molecular weight excluding hydrogens is 324 g/mol. The third kappa shape index (κ3) is 3.48. The van der Waals surface area contributed by atoms with Crippen LogP contribution in [0.3, 0.4) is 0 Å². The number of nitrogen functional groups attached to an aromatic ring is 1. The Morgan fingerprint density at radius 2 is 2.05 bits per heavy atom. The van der Waals surface area contributed by atoms with Crippen molar-refractivity contribution in [3.05, 3.63) is 52.3 Å². The van der Waals surface area contributed by atoms with Crippen molar-refractivity contribution in [2.45, 2.75) is 6.61 Å². The molecule has 0 amide bonds. The van der Waals surface area contributed by atoms with Gasteiger partial charge in [0, 0.05) is 16.4 Å². The smallest absolute Gasteiger partial charge is 0.360 e. The number of pyridine rings is 1. The number of carbonyl (C=O) groups excluding carboxylic acids is 1. The zero-order valence-corrected chi connectivity index (χ0v) is 12.4. The summed E-state index contributed by atoms with van der Waals surface area (Å²) in [6.07, 6.45) is 1.52. The Bertz CT molecular complexity index is 614. The Morgan fingerprint density at radius 3 is 2.70 bits per heavy atom. The summed E-state index contributed by atoms with van der Waals surface area (Å²) in [5.41, 5.74) is 7.39. The lowest BCUT2D eigenvalue weighted by atomic mass is 10.2. The van der Waals surface area contributed by atoms with Crippen LogP contribution >= 0.6 is 15.9 Å². The molecule has 2 rings (SSSR count). The predicted octanol–water partition coefficient (Wildman–Crippen LogP) is 2.79. The second kappa shape index (κ2) is 6.38. The molecule has 0 aliphatic heterocycles. The molecule has 0 aliphatic rings. The van der Waals surface area contributed by atoms with Gasteiger partial charge in [-0.3, -0.25) is 0 Å². The maximum Gasteiger partial charge on any atom is 0.360 e. The first-order chi connectivity index (χ1) is 9.60. The van der Waals surface area contributed by atoms with Crippen molar-refractivity contribution in [2.75, 3.05) is 12.8 Å². The molecule has 1 heterocycles. The molecule has 0 saturated carbocycles. The van der Waals surface area contributed by atoms with E-state index >= 15 is 0 Å². The van der Waals surface area contributed by atoms with E-state index in [0.717, 1.165) is 10.0 Å². The standard InChI is InChI=1S/C14H13BrN2O3/c1-19-14(18)13-12(6-10(15)7-17-13)20-8-9-2-4-11(16)5-3-9/h2-7H,8,16H2,1H3. The summed E-state index contributed by atoms with van der Waals surface area (Å²) < 4.78 is 11.0. The number of hydrogen-bond donors (Lipinski definition) is 1. The number of nitrogens with two attached hydrogens (primary N) is 1. The first-order valence-electron chi connectivity index (χ1n) is 5.81. The van der Waals surface area contributed by atoms with Crippen LogP contribution in [0.25, 0.3) is 0 Å². The SMILES string of the molecule is COC(=O)c1ncc(Br)cc1OCc1ccc(N)cc1. The van der Waals surface area contributed by atoms with Gasteiger partial charge in [-0.25, -0.2) is 9.78 Å². The summed E-state index contributed by atoms with van der Waals surface area (Å²) in [7, 11) is 1.30. The molecular formula is C14H13BrN2O3. The van der Waals surface area contributed by atoms with E-state index in [9.17, 15) is 4.79 Å². The molecule has 20 heavy (non-hydrogen) atoms. The van der Waals surface area contributed by atoms with Gasteiger partial charge in [0.05, 0.1) is 7.11 Å². The van der Waals surface area contributed by atoms with E-state index in [2.05, 4.69) is 25.7 Å². The average Bonchev–Trinajstić information content (AvgIpc) is 2.46. The van der Waals surface area contributed by atoms with Crippen LogP contribution in [0.1, 0.15) is 16.1 Å². The van der Waals surface area contributed by atoms with Crippen LogP contribution in [-0.2, 0) is 11.3 Å². The van der Waals surface area contributed by atoms with Crippen LogP contribution in [0, 0.1) is 0 Å². The Hall–Kier alpha value is -2.08. The fourth-order valence-electron chi connectivity index (χ4n) is 1.56. The number of benzene rings is 1. The van der Waals surface area contributed by atoms with Gasteiger partial charge in [0.15, 0.2) is 11.4 Å². The van der Waals surface area contributed by atoms with E-state index in [1.54, 1.807) is 18.2 Å². The minimum absolute atomic E-state index is 0.145. The van der Waals surface area contributed by atoms with Crippen molar-refractivity contribution >= 4 is 27.6 Å². The van der Waals surface area contributed by atoms with Crippen LogP contribution in [0.5, 0.6) is 5.75 Å². The number of rotatable bonds is 4. The molecule has 1 aromatic heterocycles. The van der Waals surface area contributed by atoms with Crippen molar-refractivity contribution in [3.63, 3.8) is 0 Å². The van der Waals surface area contributed by atoms with Gasteiger partial charge in [-0.05, 0) is 39.7 Å². The van der Waals surface area contributed by atoms with Gasteiger partial charge in [0.1, 0.15) is 6.61 Å². The van der Waals surface area contributed by atoms with E-state index in [0.29, 0.717) is 18.0 Å². The van der Waals surface area contributed by atoms with Crippen LogP contribution in [0.15, 0.2) is 41.0 Å².